The third-order valence-corrected chi connectivity index (χ3v) is 6.28. The third kappa shape index (κ3) is 4.65. The van der Waals surface area contributed by atoms with E-state index >= 15 is 0 Å². The highest BCUT2D eigenvalue weighted by Gasteiger charge is 2.44. The smallest absolute Gasteiger partial charge is 0.336 e. The van der Waals surface area contributed by atoms with Crippen molar-refractivity contribution in [3.8, 4) is 11.5 Å². The minimum absolute atomic E-state index is 0.102. The van der Waals surface area contributed by atoms with Gasteiger partial charge in [0.05, 0.1) is 32.3 Å². The van der Waals surface area contributed by atoms with Crippen LogP contribution < -0.4 is 14.8 Å². The lowest BCUT2D eigenvalue weighted by Crippen LogP contribution is -2.41. The summed E-state index contributed by atoms with van der Waals surface area (Å²) in [6.45, 7) is 2.11. The summed E-state index contributed by atoms with van der Waals surface area (Å²) < 4.78 is 16.7. The molecule has 1 heterocycles. The Bertz CT molecular complexity index is 1100. The minimum Gasteiger partial charge on any atom is -0.497 e. The van der Waals surface area contributed by atoms with Gasteiger partial charge in [-0.2, -0.15) is 0 Å². The number of esters is 1. The molecule has 33 heavy (non-hydrogen) atoms. The van der Waals surface area contributed by atoms with Gasteiger partial charge in [0.25, 0.3) is 0 Å². The summed E-state index contributed by atoms with van der Waals surface area (Å²) in [5.41, 5.74) is 3.86. The van der Waals surface area contributed by atoms with Gasteiger partial charge in [-0.05, 0) is 25.0 Å². The van der Waals surface area contributed by atoms with Gasteiger partial charge in [0.15, 0.2) is 0 Å². The summed E-state index contributed by atoms with van der Waals surface area (Å²) in [5.74, 6) is -0.0951. The average molecular weight is 448 g/mol. The number of carbonyl (C=O) groups excluding carboxylic acids is 2. The number of ether oxygens (including phenoxy) is 3. The molecule has 4 rings (SSSR count). The highest BCUT2D eigenvalue weighted by Crippen LogP contribution is 2.47. The van der Waals surface area contributed by atoms with Crippen LogP contribution in [-0.4, -0.2) is 32.6 Å². The lowest BCUT2D eigenvalue weighted by molar-refractivity contribution is -0.139. The second-order valence-corrected chi connectivity index (χ2v) is 8.26. The van der Waals surface area contributed by atoms with Crippen molar-refractivity contribution in [2.24, 2.45) is 5.92 Å². The highest BCUT2D eigenvalue weighted by molar-refractivity contribution is 5.96. The van der Waals surface area contributed by atoms with Crippen LogP contribution in [0.5, 0.6) is 11.5 Å². The van der Waals surface area contributed by atoms with E-state index in [-0.39, 0.29) is 12.4 Å². The molecule has 2 atom stereocenters. The number of hydrogen-bond donors (Lipinski definition) is 1. The van der Waals surface area contributed by atoms with Crippen molar-refractivity contribution >= 4 is 11.8 Å². The monoisotopic (exact) mass is 447 g/mol. The second kappa shape index (κ2) is 9.94. The topological polar surface area (TPSA) is 73.9 Å². The van der Waals surface area contributed by atoms with Crippen LogP contribution in [0.4, 0.5) is 0 Å². The highest BCUT2D eigenvalue weighted by atomic mass is 16.5. The molecule has 0 radical (unpaired) electrons. The number of carbonyl (C=O) groups is 2. The molecule has 2 unspecified atom stereocenters. The molecular weight excluding hydrogens is 418 g/mol. The summed E-state index contributed by atoms with van der Waals surface area (Å²) in [4.78, 5) is 26.5. The molecule has 2 aromatic carbocycles. The standard InChI is InChI=1S/C27H29NO5/c1-17-24(27(30)33-15-14-18-8-5-4-6-9-18)25(26-21(28-17)10-7-11-22(26)29)20-13-12-19(31-2)16-23(20)32-3/h4-6,8-10,12-13,16,25-26,28H,7,11,14-15H2,1-3H3. The first kappa shape index (κ1) is 22.6. The third-order valence-electron chi connectivity index (χ3n) is 6.28. The van der Waals surface area contributed by atoms with Crippen molar-refractivity contribution in [1.29, 1.82) is 0 Å². The van der Waals surface area contributed by atoms with Crippen molar-refractivity contribution < 1.29 is 23.8 Å². The quantitative estimate of drug-likeness (QED) is 0.638. The molecule has 1 aliphatic carbocycles. The molecule has 6 nitrogen and oxygen atoms in total. The molecular formula is C27H29NO5. The summed E-state index contributed by atoms with van der Waals surface area (Å²) in [7, 11) is 3.16. The largest absolute Gasteiger partial charge is 0.497 e. The zero-order chi connectivity index (χ0) is 23.4. The first-order valence-corrected chi connectivity index (χ1v) is 11.2. The maximum atomic E-state index is 13.4. The number of rotatable bonds is 7. The van der Waals surface area contributed by atoms with Gasteiger partial charge in [-0.25, -0.2) is 4.79 Å². The molecule has 0 aromatic heterocycles. The predicted molar refractivity (Wildman–Crippen MR) is 125 cm³/mol. The van der Waals surface area contributed by atoms with Gasteiger partial charge in [0, 0.05) is 41.8 Å². The predicted octanol–water partition coefficient (Wildman–Crippen LogP) is 4.31. The number of Topliss-reactive ketones (excluding diaryl/α,β-unsaturated/α-hetero) is 1. The van der Waals surface area contributed by atoms with E-state index in [4.69, 9.17) is 14.2 Å². The molecule has 2 aliphatic rings. The summed E-state index contributed by atoms with van der Waals surface area (Å²) in [6.07, 6.45) is 3.81. The van der Waals surface area contributed by atoms with E-state index in [1.807, 2.05) is 49.4 Å². The molecule has 1 N–H and O–H groups in total. The Labute approximate surface area is 194 Å². The minimum atomic E-state index is -0.504. The Balaban J connectivity index is 1.70. The Morgan fingerprint density at radius 2 is 1.85 bits per heavy atom. The second-order valence-electron chi connectivity index (χ2n) is 8.26. The van der Waals surface area contributed by atoms with Gasteiger partial charge in [0.2, 0.25) is 0 Å². The maximum absolute atomic E-state index is 13.4. The molecule has 1 aliphatic heterocycles. The van der Waals surface area contributed by atoms with Crippen molar-refractivity contribution in [2.75, 3.05) is 20.8 Å². The van der Waals surface area contributed by atoms with Gasteiger partial charge in [-0.15, -0.1) is 0 Å². The normalized spacial score (nSPS) is 19.8. The molecule has 0 fully saturated rings. The lowest BCUT2D eigenvalue weighted by Gasteiger charge is -2.38. The molecule has 0 saturated heterocycles. The van der Waals surface area contributed by atoms with Crippen LogP contribution in [-0.2, 0) is 20.7 Å². The van der Waals surface area contributed by atoms with Crippen LogP contribution in [0.1, 0.15) is 36.8 Å². The Hall–Kier alpha value is -3.54. The molecule has 0 amide bonds. The van der Waals surface area contributed by atoms with E-state index in [1.54, 1.807) is 20.3 Å². The van der Waals surface area contributed by atoms with E-state index in [2.05, 4.69) is 11.4 Å². The fourth-order valence-electron chi connectivity index (χ4n) is 4.68. The average Bonchev–Trinajstić information content (AvgIpc) is 2.83. The van der Waals surface area contributed by atoms with Gasteiger partial charge >= 0.3 is 5.97 Å². The van der Waals surface area contributed by atoms with Crippen LogP contribution in [0.15, 0.2) is 71.6 Å². The van der Waals surface area contributed by atoms with Crippen molar-refractivity contribution in [3.63, 3.8) is 0 Å². The van der Waals surface area contributed by atoms with Crippen LogP contribution in [0.2, 0.25) is 0 Å². The number of allylic oxidation sites excluding steroid dienone is 3. The molecule has 172 valence electrons. The van der Waals surface area contributed by atoms with E-state index in [0.29, 0.717) is 42.0 Å². The molecule has 0 spiro atoms. The SMILES string of the molecule is COc1ccc(C2C(C(=O)OCCc3ccccc3)=C(C)NC3=CCCC(=O)C32)c(OC)c1. The fraction of sp³-hybridized carbons (Fsp3) is 0.333. The summed E-state index contributed by atoms with van der Waals surface area (Å²) in [5, 5.41) is 3.30. The van der Waals surface area contributed by atoms with E-state index in [0.717, 1.165) is 16.8 Å². The van der Waals surface area contributed by atoms with Gasteiger partial charge in [-0.3, -0.25) is 4.79 Å². The zero-order valence-electron chi connectivity index (χ0n) is 19.2. The maximum Gasteiger partial charge on any atom is 0.336 e. The summed E-state index contributed by atoms with van der Waals surface area (Å²) >= 11 is 0. The number of fused-ring (bicyclic) bond motifs is 1. The number of methoxy groups -OCH3 is 2. The molecule has 0 saturated carbocycles. The summed E-state index contributed by atoms with van der Waals surface area (Å²) in [6, 6.07) is 15.4. The van der Waals surface area contributed by atoms with Gasteiger partial charge in [-0.1, -0.05) is 42.5 Å². The Kier molecular flexibility index (Phi) is 6.82. The van der Waals surface area contributed by atoms with Crippen LogP contribution in [0, 0.1) is 5.92 Å². The van der Waals surface area contributed by atoms with Crippen molar-refractivity contribution in [2.45, 2.75) is 32.1 Å². The van der Waals surface area contributed by atoms with Gasteiger partial charge in [0.1, 0.15) is 17.3 Å². The lowest BCUT2D eigenvalue weighted by atomic mass is 9.70. The number of nitrogens with one attached hydrogen (secondary N) is 1. The van der Waals surface area contributed by atoms with Crippen molar-refractivity contribution in [1.82, 2.24) is 5.32 Å². The molecule has 0 bridgehead atoms. The van der Waals surface area contributed by atoms with E-state index in [9.17, 15) is 9.59 Å². The fourth-order valence-corrected chi connectivity index (χ4v) is 4.68. The van der Waals surface area contributed by atoms with Crippen LogP contribution in [0.25, 0.3) is 0 Å². The Morgan fingerprint density at radius 1 is 1.06 bits per heavy atom. The number of ketones is 1. The number of hydrogen-bond acceptors (Lipinski definition) is 6. The van der Waals surface area contributed by atoms with Crippen LogP contribution >= 0.6 is 0 Å². The number of benzene rings is 2. The Morgan fingerprint density at radius 3 is 2.58 bits per heavy atom. The van der Waals surface area contributed by atoms with Crippen LogP contribution in [0.3, 0.4) is 0 Å². The first-order chi connectivity index (χ1) is 16.0. The van der Waals surface area contributed by atoms with Crippen molar-refractivity contribution in [3.05, 3.63) is 82.7 Å². The first-order valence-electron chi connectivity index (χ1n) is 11.2. The molecule has 2 aromatic rings. The van der Waals surface area contributed by atoms with E-state index in [1.165, 1.54) is 0 Å². The molecule has 6 heteroatoms. The van der Waals surface area contributed by atoms with E-state index < -0.39 is 17.8 Å². The van der Waals surface area contributed by atoms with Gasteiger partial charge < -0.3 is 19.5 Å². The zero-order valence-corrected chi connectivity index (χ0v) is 19.2.